The quantitative estimate of drug-likeness (QED) is 0.0263. The van der Waals surface area contributed by atoms with Crippen LogP contribution in [0.2, 0.25) is 0 Å². The molecule has 0 spiro atoms. The molecule has 0 aromatic carbocycles. The second-order valence-corrected chi connectivity index (χ2v) is 17.0. The Bertz CT molecular complexity index is 1060. The van der Waals surface area contributed by atoms with Crippen LogP contribution in [0, 0.1) is 0 Å². The highest BCUT2D eigenvalue weighted by Crippen LogP contribution is 2.14. The third kappa shape index (κ3) is 46.4. The molecule has 6 nitrogen and oxygen atoms in total. The van der Waals surface area contributed by atoms with Crippen molar-refractivity contribution < 1.29 is 28.6 Å². The van der Waals surface area contributed by atoms with Crippen LogP contribution in [0.5, 0.6) is 0 Å². The fourth-order valence-electron chi connectivity index (χ4n) is 7.17. The Morgan fingerprint density at radius 3 is 1.05 bits per heavy atom. The Morgan fingerprint density at radius 1 is 0.350 bits per heavy atom. The second kappa shape index (κ2) is 49.0. The van der Waals surface area contributed by atoms with Crippen LogP contribution >= 0.6 is 0 Å². The highest BCUT2D eigenvalue weighted by atomic mass is 16.6. The molecule has 6 heteroatoms. The van der Waals surface area contributed by atoms with Crippen LogP contribution in [0.4, 0.5) is 0 Å². The lowest BCUT2D eigenvalue weighted by atomic mass is 10.1. The Kier molecular flexibility index (Phi) is 46.9. The normalized spacial score (nSPS) is 12.4. The summed E-state index contributed by atoms with van der Waals surface area (Å²) in [4.78, 5) is 37.9. The van der Waals surface area contributed by atoms with Gasteiger partial charge in [-0.3, -0.25) is 14.4 Å². The first-order chi connectivity index (χ1) is 29.5. The van der Waals surface area contributed by atoms with Gasteiger partial charge in [0.1, 0.15) is 13.2 Å². The fourth-order valence-corrected chi connectivity index (χ4v) is 7.17. The lowest BCUT2D eigenvalue weighted by Crippen LogP contribution is -2.30. The van der Waals surface area contributed by atoms with Crippen molar-refractivity contribution in [3.05, 3.63) is 48.6 Å². The summed E-state index contributed by atoms with van der Waals surface area (Å²) >= 11 is 0. The second-order valence-electron chi connectivity index (χ2n) is 17.0. The van der Waals surface area contributed by atoms with Gasteiger partial charge in [0.2, 0.25) is 0 Å². The van der Waals surface area contributed by atoms with E-state index < -0.39 is 6.10 Å². The summed E-state index contributed by atoms with van der Waals surface area (Å²) < 4.78 is 16.7. The van der Waals surface area contributed by atoms with Gasteiger partial charge in [-0.1, -0.05) is 191 Å². The Hall–Kier alpha value is -2.63. The maximum atomic E-state index is 12.7. The van der Waals surface area contributed by atoms with E-state index in [0.29, 0.717) is 19.3 Å². The van der Waals surface area contributed by atoms with Crippen LogP contribution in [0.25, 0.3) is 0 Å². The van der Waals surface area contributed by atoms with Gasteiger partial charge in [-0.15, -0.1) is 0 Å². The highest BCUT2D eigenvalue weighted by molar-refractivity contribution is 5.71. The van der Waals surface area contributed by atoms with Crippen LogP contribution < -0.4 is 0 Å². The predicted octanol–water partition coefficient (Wildman–Crippen LogP) is 16.7. The molecule has 348 valence electrons. The zero-order valence-corrected chi connectivity index (χ0v) is 39.7. The first-order valence-electron chi connectivity index (χ1n) is 25.6. The molecule has 0 rings (SSSR count). The van der Waals surface area contributed by atoms with E-state index >= 15 is 0 Å². The zero-order valence-electron chi connectivity index (χ0n) is 39.7. The minimum absolute atomic E-state index is 0.0853. The number of carbonyl (C=O) groups excluding carboxylic acids is 3. The Labute approximate surface area is 371 Å². The average Bonchev–Trinajstić information content (AvgIpc) is 3.24. The average molecular weight is 841 g/mol. The minimum Gasteiger partial charge on any atom is -0.462 e. The van der Waals surface area contributed by atoms with Crippen LogP contribution in [0.3, 0.4) is 0 Å². The Morgan fingerprint density at radius 2 is 0.650 bits per heavy atom. The van der Waals surface area contributed by atoms with Crippen LogP contribution in [0.15, 0.2) is 48.6 Å². The maximum absolute atomic E-state index is 12.7. The number of unbranched alkanes of at least 4 members (excludes halogenated alkanes) is 27. The largest absolute Gasteiger partial charge is 0.462 e. The molecule has 0 radical (unpaired) electrons. The molecule has 0 aliphatic rings. The van der Waals surface area contributed by atoms with Crippen molar-refractivity contribution in [1.29, 1.82) is 0 Å². The summed E-state index contributed by atoms with van der Waals surface area (Å²) in [7, 11) is 0. The summed E-state index contributed by atoms with van der Waals surface area (Å²) in [5.41, 5.74) is 0. The van der Waals surface area contributed by atoms with Crippen LogP contribution in [0.1, 0.15) is 258 Å². The van der Waals surface area contributed by atoms with Crippen LogP contribution in [-0.2, 0) is 28.6 Å². The van der Waals surface area contributed by atoms with E-state index in [1.54, 1.807) is 0 Å². The monoisotopic (exact) mass is 841 g/mol. The van der Waals surface area contributed by atoms with Gasteiger partial charge < -0.3 is 14.2 Å². The molecule has 0 saturated heterocycles. The molecule has 0 N–H and O–H groups in total. The predicted molar refractivity (Wildman–Crippen MR) is 256 cm³/mol. The molecular formula is C54H96O6. The van der Waals surface area contributed by atoms with Crippen molar-refractivity contribution in [3.8, 4) is 0 Å². The molecule has 1 unspecified atom stereocenters. The molecule has 0 saturated carbocycles. The topological polar surface area (TPSA) is 78.9 Å². The van der Waals surface area contributed by atoms with E-state index in [2.05, 4.69) is 69.4 Å². The number of carbonyl (C=O) groups is 3. The molecule has 0 aliphatic heterocycles. The number of esters is 3. The smallest absolute Gasteiger partial charge is 0.306 e. The maximum Gasteiger partial charge on any atom is 0.306 e. The summed E-state index contributed by atoms with van der Waals surface area (Å²) in [5, 5.41) is 0. The lowest BCUT2D eigenvalue weighted by molar-refractivity contribution is -0.167. The van der Waals surface area contributed by atoms with Gasteiger partial charge in [0.15, 0.2) is 6.10 Å². The molecule has 0 heterocycles. The van der Waals surface area contributed by atoms with E-state index in [1.165, 1.54) is 116 Å². The van der Waals surface area contributed by atoms with Gasteiger partial charge in [-0.05, 0) is 96.3 Å². The van der Waals surface area contributed by atoms with E-state index in [1.807, 2.05) is 0 Å². The molecule has 0 aromatic heterocycles. The zero-order chi connectivity index (χ0) is 43.7. The first kappa shape index (κ1) is 57.4. The highest BCUT2D eigenvalue weighted by Gasteiger charge is 2.19. The summed E-state index contributed by atoms with van der Waals surface area (Å²) in [6.07, 6.45) is 58.1. The number of hydrogen-bond donors (Lipinski definition) is 0. The standard InChI is InChI=1S/C54H96O6/c1-4-7-10-13-16-19-22-25-26-27-28-29-30-33-35-38-41-44-47-53(56)59-50-51(60-54(57)48-45-42-39-36-32-24-21-18-15-12-9-6-3)49-58-52(55)46-43-40-37-34-31-23-20-17-14-11-8-5-2/h9,12,17-18,20-21,28-29,51H,4-8,10-11,13-16,19,22-27,30-50H2,1-3H3/b12-9-,20-17-,21-18-,29-28-. The van der Waals surface area contributed by atoms with Crippen molar-refractivity contribution in [2.45, 2.75) is 264 Å². The molecular weight excluding hydrogens is 745 g/mol. The van der Waals surface area contributed by atoms with Gasteiger partial charge in [0.05, 0.1) is 0 Å². The van der Waals surface area contributed by atoms with Crippen molar-refractivity contribution in [2.24, 2.45) is 0 Å². The molecule has 0 fully saturated rings. The van der Waals surface area contributed by atoms with Crippen molar-refractivity contribution in [1.82, 2.24) is 0 Å². The summed E-state index contributed by atoms with van der Waals surface area (Å²) in [6.45, 7) is 6.49. The van der Waals surface area contributed by atoms with Gasteiger partial charge >= 0.3 is 17.9 Å². The van der Waals surface area contributed by atoms with Gasteiger partial charge in [0, 0.05) is 19.3 Å². The third-order valence-corrected chi connectivity index (χ3v) is 11.0. The van der Waals surface area contributed by atoms with E-state index in [4.69, 9.17) is 14.2 Å². The lowest BCUT2D eigenvalue weighted by Gasteiger charge is -2.18. The van der Waals surface area contributed by atoms with E-state index in [9.17, 15) is 14.4 Å². The number of allylic oxidation sites excluding steroid dienone is 8. The molecule has 0 aliphatic carbocycles. The van der Waals surface area contributed by atoms with Gasteiger partial charge in [0.25, 0.3) is 0 Å². The number of rotatable bonds is 46. The summed E-state index contributed by atoms with van der Waals surface area (Å²) in [5.74, 6) is -0.913. The van der Waals surface area contributed by atoms with E-state index in [0.717, 1.165) is 103 Å². The molecule has 0 amide bonds. The minimum atomic E-state index is -0.784. The molecule has 1 atom stereocenters. The van der Waals surface area contributed by atoms with Crippen LogP contribution in [-0.4, -0.2) is 37.2 Å². The molecule has 0 aromatic rings. The molecule has 60 heavy (non-hydrogen) atoms. The van der Waals surface area contributed by atoms with Crippen molar-refractivity contribution >= 4 is 17.9 Å². The summed E-state index contributed by atoms with van der Waals surface area (Å²) in [6, 6.07) is 0. The molecule has 0 bridgehead atoms. The number of hydrogen-bond acceptors (Lipinski definition) is 6. The third-order valence-electron chi connectivity index (χ3n) is 11.0. The Balaban J connectivity index is 4.35. The van der Waals surface area contributed by atoms with E-state index in [-0.39, 0.29) is 31.1 Å². The van der Waals surface area contributed by atoms with Gasteiger partial charge in [-0.2, -0.15) is 0 Å². The SMILES string of the molecule is CC/C=C\C/C=C\CCCCCCCC(=O)OC(COC(=O)CCCCCCC/C=C\CCCCC)COC(=O)CCCCCCC/C=C\CCCCCCCCCCC. The first-order valence-corrected chi connectivity index (χ1v) is 25.6. The van der Waals surface area contributed by atoms with Gasteiger partial charge in [-0.25, -0.2) is 0 Å². The fraction of sp³-hybridized carbons (Fsp3) is 0.796. The number of ether oxygens (including phenoxy) is 3. The van der Waals surface area contributed by atoms with Crippen molar-refractivity contribution in [3.63, 3.8) is 0 Å². The van der Waals surface area contributed by atoms with Crippen molar-refractivity contribution in [2.75, 3.05) is 13.2 Å².